The van der Waals surface area contributed by atoms with Gasteiger partial charge in [0.15, 0.2) is 0 Å². The minimum absolute atomic E-state index is 0.199. The molecule has 0 aliphatic carbocycles. The molecule has 0 fully saturated rings. The van der Waals surface area contributed by atoms with Crippen LogP contribution in [0.4, 0.5) is 4.39 Å². The van der Waals surface area contributed by atoms with Gasteiger partial charge in [-0.1, -0.05) is 25.1 Å². The smallest absolute Gasteiger partial charge is 0.123 e. The van der Waals surface area contributed by atoms with E-state index in [9.17, 15) is 4.39 Å². The topological polar surface area (TPSA) is 6.48 Å². The Hall–Kier alpha value is -1.87. The summed E-state index contributed by atoms with van der Waals surface area (Å²) in [4.78, 5) is 4.35. The average molecular weight is 286 g/mol. The Bertz CT molecular complexity index is 597. The van der Waals surface area contributed by atoms with Crippen molar-refractivity contribution < 1.29 is 4.39 Å². The zero-order valence-corrected chi connectivity index (χ0v) is 13.2. The van der Waals surface area contributed by atoms with Crippen LogP contribution in [-0.4, -0.2) is 30.6 Å². The summed E-state index contributed by atoms with van der Waals surface area (Å²) in [6, 6.07) is 6.81. The second-order valence-electron chi connectivity index (χ2n) is 5.49. The van der Waals surface area contributed by atoms with E-state index in [1.165, 1.54) is 11.6 Å². The van der Waals surface area contributed by atoms with Crippen molar-refractivity contribution in [2.24, 2.45) is 0 Å². The first-order valence-corrected chi connectivity index (χ1v) is 7.31. The summed E-state index contributed by atoms with van der Waals surface area (Å²) < 4.78 is 13.6. The highest BCUT2D eigenvalue weighted by Gasteiger charge is 2.19. The lowest BCUT2D eigenvalue weighted by atomic mass is 9.95. The zero-order chi connectivity index (χ0) is 15.4. The molecule has 1 aromatic carbocycles. The minimum Gasteiger partial charge on any atom is -0.334 e. The van der Waals surface area contributed by atoms with Gasteiger partial charge in [-0.2, -0.15) is 0 Å². The van der Waals surface area contributed by atoms with E-state index in [-0.39, 0.29) is 5.82 Å². The van der Waals surface area contributed by atoms with Gasteiger partial charge in [-0.05, 0) is 56.8 Å². The minimum atomic E-state index is -0.199. The Balaban J connectivity index is 2.47. The molecule has 1 aromatic rings. The monoisotopic (exact) mass is 286 g/mol. The molecule has 0 aromatic heterocycles. The van der Waals surface area contributed by atoms with Crippen LogP contribution in [0.25, 0.3) is 5.57 Å². The molecule has 2 rings (SSSR count). The molecule has 2 nitrogen and oxygen atoms in total. The van der Waals surface area contributed by atoms with Gasteiger partial charge < -0.3 is 4.90 Å². The maximum absolute atomic E-state index is 13.6. The summed E-state index contributed by atoms with van der Waals surface area (Å²) in [5.74, 6) is -0.199. The predicted molar refractivity (Wildman–Crippen MR) is 86.9 cm³/mol. The SMILES string of the molecule is C/C=C1\C(c2cccc(F)c2)=CC(CC)=CN1CN(C)C. The maximum atomic E-state index is 13.6. The Labute approximate surface area is 126 Å². The van der Waals surface area contributed by atoms with E-state index in [0.29, 0.717) is 0 Å². The molecule has 0 radical (unpaired) electrons. The maximum Gasteiger partial charge on any atom is 0.123 e. The molecule has 1 aliphatic rings. The van der Waals surface area contributed by atoms with Crippen LogP contribution in [0.5, 0.6) is 0 Å². The fraction of sp³-hybridized carbons (Fsp3) is 0.333. The summed E-state index contributed by atoms with van der Waals surface area (Å²) >= 11 is 0. The number of benzene rings is 1. The molecule has 21 heavy (non-hydrogen) atoms. The molecule has 0 spiro atoms. The molecule has 112 valence electrons. The van der Waals surface area contributed by atoms with Gasteiger partial charge in [0.1, 0.15) is 5.82 Å². The van der Waals surface area contributed by atoms with Crippen molar-refractivity contribution in [3.63, 3.8) is 0 Å². The third kappa shape index (κ3) is 3.61. The van der Waals surface area contributed by atoms with Crippen molar-refractivity contribution in [1.29, 1.82) is 0 Å². The highest BCUT2D eigenvalue weighted by Crippen LogP contribution is 2.33. The van der Waals surface area contributed by atoms with Gasteiger partial charge in [-0.15, -0.1) is 0 Å². The number of hydrogen-bond acceptors (Lipinski definition) is 2. The van der Waals surface area contributed by atoms with Crippen LogP contribution in [0.2, 0.25) is 0 Å². The fourth-order valence-corrected chi connectivity index (χ4v) is 2.54. The summed E-state index contributed by atoms with van der Waals surface area (Å²) in [6.07, 6.45) is 7.39. The van der Waals surface area contributed by atoms with Crippen LogP contribution in [0.1, 0.15) is 25.8 Å². The third-order valence-electron chi connectivity index (χ3n) is 3.49. The molecule has 0 N–H and O–H groups in total. The number of allylic oxidation sites excluding steroid dienone is 4. The largest absolute Gasteiger partial charge is 0.334 e. The van der Waals surface area contributed by atoms with E-state index in [1.807, 2.05) is 27.1 Å². The lowest BCUT2D eigenvalue weighted by molar-refractivity contribution is 0.277. The van der Waals surface area contributed by atoms with Crippen molar-refractivity contribution in [2.45, 2.75) is 20.3 Å². The number of halogens is 1. The van der Waals surface area contributed by atoms with E-state index in [4.69, 9.17) is 0 Å². The third-order valence-corrected chi connectivity index (χ3v) is 3.49. The molecule has 0 saturated heterocycles. The molecular weight excluding hydrogens is 263 g/mol. The van der Waals surface area contributed by atoms with Crippen LogP contribution in [0, 0.1) is 5.82 Å². The van der Waals surface area contributed by atoms with Crippen LogP contribution in [0.3, 0.4) is 0 Å². The van der Waals surface area contributed by atoms with Gasteiger partial charge in [0.25, 0.3) is 0 Å². The van der Waals surface area contributed by atoms with Crippen molar-refractivity contribution in [3.05, 3.63) is 65.3 Å². The van der Waals surface area contributed by atoms with Crippen LogP contribution in [0.15, 0.2) is 53.9 Å². The number of hydrogen-bond donors (Lipinski definition) is 0. The standard InChI is InChI=1S/C18H23FN2/c1-5-14-10-17(15-8-7-9-16(19)11-15)18(6-2)21(12-14)13-20(3)4/h6-12H,5,13H2,1-4H3/b18-6+. The lowest BCUT2D eigenvalue weighted by Gasteiger charge is -2.32. The second-order valence-corrected chi connectivity index (χ2v) is 5.49. The lowest BCUT2D eigenvalue weighted by Crippen LogP contribution is -2.31. The summed E-state index contributed by atoms with van der Waals surface area (Å²) in [7, 11) is 4.10. The van der Waals surface area contributed by atoms with E-state index in [0.717, 1.165) is 29.9 Å². The molecule has 0 saturated carbocycles. The molecule has 3 heteroatoms. The Kier molecular flexibility index (Phi) is 4.97. The molecule has 1 heterocycles. The summed E-state index contributed by atoms with van der Waals surface area (Å²) in [5, 5.41) is 0. The molecular formula is C18H23FN2. The molecule has 0 amide bonds. The number of nitrogens with zero attached hydrogens (tertiary/aromatic N) is 2. The molecule has 0 bridgehead atoms. The predicted octanol–water partition coefficient (Wildman–Crippen LogP) is 4.24. The summed E-state index contributed by atoms with van der Waals surface area (Å²) in [6.45, 7) is 4.96. The average Bonchev–Trinajstić information content (AvgIpc) is 2.45. The zero-order valence-electron chi connectivity index (χ0n) is 13.2. The van der Waals surface area contributed by atoms with E-state index in [1.54, 1.807) is 12.1 Å². The Morgan fingerprint density at radius 2 is 2.05 bits per heavy atom. The van der Waals surface area contributed by atoms with Gasteiger partial charge in [0, 0.05) is 17.5 Å². The van der Waals surface area contributed by atoms with E-state index < -0.39 is 0 Å². The second kappa shape index (κ2) is 6.72. The first-order chi connectivity index (χ1) is 10.0. The van der Waals surface area contributed by atoms with Gasteiger partial charge in [0.2, 0.25) is 0 Å². The quantitative estimate of drug-likeness (QED) is 0.817. The first kappa shape index (κ1) is 15.5. The van der Waals surface area contributed by atoms with Crippen LogP contribution in [-0.2, 0) is 0 Å². The van der Waals surface area contributed by atoms with Crippen molar-refractivity contribution in [3.8, 4) is 0 Å². The van der Waals surface area contributed by atoms with Crippen molar-refractivity contribution in [1.82, 2.24) is 9.80 Å². The van der Waals surface area contributed by atoms with Gasteiger partial charge in [-0.3, -0.25) is 4.90 Å². The van der Waals surface area contributed by atoms with Crippen molar-refractivity contribution in [2.75, 3.05) is 20.8 Å². The van der Waals surface area contributed by atoms with Crippen LogP contribution >= 0.6 is 0 Å². The van der Waals surface area contributed by atoms with Gasteiger partial charge >= 0.3 is 0 Å². The van der Waals surface area contributed by atoms with E-state index >= 15 is 0 Å². The fourth-order valence-electron chi connectivity index (χ4n) is 2.54. The normalized spacial score (nSPS) is 17.2. The van der Waals surface area contributed by atoms with Gasteiger partial charge in [0.05, 0.1) is 6.67 Å². The Morgan fingerprint density at radius 1 is 1.29 bits per heavy atom. The molecule has 1 aliphatic heterocycles. The molecule has 0 atom stereocenters. The Morgan fingerprint density at radius 3 is 2.62 bits per heavy atom. The molecule has 0 unspecified atom stereocenters. The van der Waals surface area contributed by atoms with Crippen molar-refractivity contribution >= 4 is 5.57 Å². The summed E-state index contributed by atoms with van der Waals surface area (Å²) in [5.41, 5.74) is 4.37. The number of rotatable bonds is 4. The highest BCUT2D eigenvalue weighted by atomic mass is 19.1. The van der Waals surface area contributed by atoms with Gasteiger partial charge in [-0.25, -0.2) is 4.39 Å². The first-order valence-electron chi connectivity index (χ1n) is 7.31. The van der Waals surface area contributed by atoms with Crippen LogP contribution < -0.4 is 0 Å². The highest BCUT2D eigenvalue weighted by molar-refractivity contribution is 5.81. The van der Waals surface area contributed by atoms with E-state index in [2.05, 4.69) is 35.1 Å².